The highest BCUT2D eigenvalue weighted by Crippen LogP contribution is 2.16. The molecule has 0 radical (unpaired) electrons. The largest absolute Gasteiger partial charge is 0.376 e. The number of Topliss-reactive ketones (excluding diaryl/α,β-unsaturated/α-hetero) is 1. The Hall–Kier alpha value is -1.24. The summed E-state index contributed by atoms with van der Waals surface area (Å²) in [5, 5.41) is 4.58. The maximum absolute atomic E-state index is 12.1. The topological polar surface area (TPSA) is 64.6 Å². The minimum absolute atomic E-state index is 0.0274. The Labute approximate surface area is 115 Å². The van der Waals surface area contributed by atoms with Crippen molar-refractivity contribution in [1.82, 2.24) is 5.32 Å². The molecule has 104 valence electrons. The molecule has 1 fully saturated rings. The van der Waals surface area contributed by atoms with Crippen LogP contribution in [0.25, 0.3) is 0 Å². The Bertz CT molecular complexity index is 471. The molecule has 0 aliphatic carbocycles. The van der Waals surface area contributed by atoms with Crippen LogP contribution in [-0.4, -0.2) is 43.7 Å². The summed E-state index contributed by atoms with van der Waals surface area (Å²) in [6, 6.07) is 1.49. The maximum Gasteiger partial charge on any atom is 0.252 e. The van der Waals surface area contributed by atoms with Gasteiger partial charge in [0.15, 0.2) is 5.78 Å². The fourth-order valence-corrected chi connectivity index (χ4v) is 2.73. The summed E-state index contributed by atoms with van der Waals surface area (Å²) in [6.07, 6.45) is -0.0973. The van der Waals surface area contributed by atoms with Crippen molar-refractivity contribution in [3.63, 3.8) is 0 Å². The smallest absolute Gasteiger partial charge is 0.252 e. The number of hydrogen-bond donors (Lipinski definition) is 1. The molecule has 1 aliphatic rings. The summed E-state index contributed by atoms with van der Waals surface area (Å²) in [7, 11) is 0. The van der Waals surface area contributed by atoms with Crippen molar-refractivity contribution < 1.29 is 19.1 Å². The molecule has 1 amide bonds. The van der Waals surface area contributed by atoms with Gasteiger partial charge < -0.3 is 14.8 Å². The van der Waals surface area contributed by atoms with Gasteiger partial charge in [-0.1, -0.05) is 0 Å². The molecule has 0 spiro atoms. The normalized spacial score (nSPS) is 22.4. The van der Waals surface area contributed by atoms with Crippen LogP contribution in [0.3, 0.4) is 0 Å². The minimum Gasteiger partial charge on any atom is -0.376 e. The van der Waals surface area contributed by atoms with Gasteiger partial charge >= 0.3 is 0 Å². The lowest BCUT2D eigenvalue weighted by molar-refractivity contribution is 0.0402. The fraction of sp³-hybridized carbons (Fsp3) is 0.538. The van der Waals surface area contributed by atoms with Gasteiger partial charge in [0.2, 0.25) is 0 Å². The zero-order chi connectivity index (χ0) is 13.8. The molecule has 0 bridgehead atoms. The van der Waals surface area contributed by atoms with Crippen molar-refractivity contribution in [1.29, 1.82) is 0 Å². The molecule has 1 aliphatic heterocycles. The second kappa shape index (κ2) is 6.27. The van der Waals surface area contributed by atoms with Crippen molar-refractivity contribution in [2.24, 2.45) is 0 Å². The van der Waals surface area contributed by atoms with E-state index in [9.17, 15) is 9.59 Å². The van der Waals surface area contributed by atoms with Crippen molar-refractivity contribution in [3.8, 4) is 0 Å². The van der Waals surface area contributed by atoms with Gasteiger partial charge in [-0.25, -0.2) is 0 Å². The van der Waals surface area contributed by atoms with E-state index in [1.54, 1.807) is 11.4 Å². The van der Waals surface area contributed by atoms with Crippen LogP contribution >= 0.6 is 11.3 Å². The van der Waals surface area contributed by atoms with Gasteiger partial charge in [-0.3, -0.25) is 9.59 Å². The summed E-state index contributed by atoms with van der Waals surface area (Å²) in [5.74, 6) is -0.218. The zero-order valence-electron chi connectivity index (χ0n) is 11.0. The summed E-state index contributed by atoms with van der Waals surface area (Å²) < 4.78 is 10.8. The van der Waals surface area contributed by atoms with Crippen LogP contribution in [0.5, 0.6) is 0 Å². The van der Waals surface area contributed by atoms with Crippen molar-refractivity contribution in [2.45, 2.75) is 26.0 Å². The lowest BCUT2D eigenvalue weighted by Crippen LogP contribution is -2.43. The lowest BCUT2D eigenvalue weighted by Gasteiger charge is -2.18. The molecule has 2 atom stereocenters. The first-order valence-electron chi connectivity index (χ1n) is 6.21. The quantitative estimate of drug-likeness (QED) is 0.831. The fourth-order valence-electron chi connectivity index (χ4n) is 1.94. The van der Waals surface area contributed by atoms with E-state index >= 15 is 0 Å². The zero-order valence-corrected chi connectivity index (χ0v) is 11.8. The molecule has 2 heterocycles. The average Bonchev–Trinajstić information content (AvgIpc) is 2.99. The highest BCUT2D eigenvalue weighted by Gasteiger charge is 2.30. The van der Waals surface area contributed by atoms with E-state index < -0.39 is 0 Å². The molecule has 1 aromatic rings. The Morgan fingerprint density at radius 1 is 1.53 bits per heavy atom. The van der Waals surface area contributed by atoms with Gasteiger partial charge in [0, 0.05) is 12.0 Å². The van der Waals surface area contributed by atoms with E-state index in [1.807, 2.05) is 6.92 Å². The Morgan fingerprint density at radius 2 is 2.32 bits per heavy atom. The van der Waals surface area contributed by atoms with Gasteiger partial charge in [0.05, 0.1) is 29.7 Å². The summed E-state index contributed by atoms with van der Waals surface area (Å²) in [5.41, 5.74) is 0.511. The van der Waals surface area contributed by atoms with Crippen LogP contribution in [-0.2, 0) is 9.47 Å². The number of rotatable bonds is 5. The van der Waals surface area contributed by atoms with Crippen LogP contribution < -0.4 is 5.32 Å². The molecule has 19 heavy (non-hydrogen) atoms. The van der Waals surface area contributed by atoms with Crippen LogP contribution in [0.1, 0.15) is 33.9 Å². The third kappa shape index (κ3) is 3.40. The second-order valence-corrected chi connectivity index (χ2v) is 5.28. The highest BCUT2D eigenvalue weighted by atomic mass is 32.1. The number of hydrogen-bond acceptors (Lipinski definition) is 5. The Balaban J connectivity index is 1.98. The molecule has 2 rings (SSSR count). The van der Waals surface area contributed by atoms with Gasteiger partial charge in [0.1, 0.15) is 6.10 Å². The number of ketones is 1. The third-order valence-electron chi connectivity index (χ3n) is 2.93. The minimum atomic E-state index is -0.191. The van der Waals surface area contributed by atoms with Gasteiger partial charge in [-0.05, 0) is 19.9 Å². The first-order chi connectivity index (χ1) is 9.11. The van der Waals surface area contributed by atoms with Gasteiger partial charge in [-0.2, -0.15) is 0 Å². The average molecular weight is 283 g/mol. The second-order valence-electron chi connectivity index (χ2n) is 4.37. The van der Waals surface area contributed by atoms with Crippen LogP contribution in [0.15, 0.2) is 11.4 Å². The van der Waals surface area contributed by atoms with E-state index in [2.05, 4.69) is 5.32 Å². The summed E-state index contributed by atoms with van der Waals surface area (Å²) >= 11 is 1.28. The molecule has 0 unspecified atom stereocenters. The summed E-state index contributed by atoms with van der Waals surface area (Å²) in [4.78, 5) is 23.9. The van der Waals surface area contributed by atoms with Crippen LogP contribution in [0, 0.1) is 0 Å². The Morgan fingerprint density at radius 3 is 2.95 bits per heavy atom. The predicted octanol–water partition coefficient (Wildman–Crippen LogP) is 1.48. The lowest BCUT2D eigenvalue weighted by atomic mass is 10.2. The molecule has 1 saturated heterocycles. The highest BCUT2D eigenvalue weighted by molar-refractivity contribution is 7.12. The van der Waals surface area contributed by atoms with Crippen LogP contribution in [0.2, 0.25) is 0 Å². The first-order valence-corrected chi connectivity index (χ1v) is 7.09. The van der Waals surface area contributed by atoms with Crippen LogP contribution in [0.4, 0.5) is 0 Å². The number of thiophene rings is 1. The van der Waals surface area contributed by atoms with Crippen molar-refractivity contribution in [3.05, 3.63) is 21.9 Å². The monoisotopic (exact) mass is 283 g/mol. The van der Waals surface area contributed by atoms with E-state index in [4.69, 9.17) is 9.47 Å². The van der Waals surface area contributed by atoms with Crippen molar-refractivity contribution in [2.75, 3.05) is 19.8 Å². The van der Waals surface area contributed by atoms with Crippen molar-refractivity contribution >= 4 is 23.0 Å². The predicted molar refractivity (Wildman–Crippen MR) is 71.8 cm³/mol. The first kappa shape index (κ1) is 14.2. The number of amides is 1. The molecule has 6 heteroatoms. The SMILES string of the molecule is CCO[C@@H]1COC[C@H]1NC(=O)c1csc(C(C)=O)c1. The standard InChI is InChI=1S/C13H17NO4S/c1-3-18-11-6-17-5-10(11)14-13(16)9-4-12(8(2)15)19-7-9/h4,7,10-11H,3,5-6H2,1-2H3,(H,14,16)/t10-,11-/m1/s1. The van der Waals surface area contributed by atoms with E-state index in [0.717, 1.165) is 0 Å². The third-order valence-corrected chi connectivity index (χ3v) is 3.97. The number of carbonyl (C=O) groups excluding carboxylic acids is 2. The van der Waals surface area contributed by atoms with Gasteiger partial charge in [-0.15, -0.1) is 11.3 Å². The maximum atomic E-state index is 12.1. The molecular weight excluding hydrogens is 266 g/mol. The molecule has 0 aromatic carbocycles. The molecular formula is C13H17NO4S. The number of ether oxygens (including phenoxy) is 2. The number of nitrogens with one attached hydrogen (secondary N) is 1. The molecule has 5 nitrogen and oxygen atoms in total. The van der Waals surface area contributed by atoms with E-state index in [0.29, 0.717) is 30.3 Å². The van der Waals surface area contributed by atoms with E-state index in [-0.39, 0.29) is 23.8 Å². The van der Waals surface area contributed by atoms with Gasteiger partial charge in [0.25, 0.3) is 5.91 Å². The summed E-state index contributed by atoms with van der Waals surface area (Å²) in [6.45, 7) is 4.95. The molecule has 0 saturated carbocycles. The molecule has 1 N–H and O–H groups in total. The molecule has 1 aromatic heterocycles. The van der Waals surface area contributed by atoms with E-state index in [1.165, 1.54) is 18.3 Å². The number of carbonyl (C=O) groups is 2. The Kier molecular flexibility index (Phi) is 4.68.